The largest absolute Gasteiger partial charge is 0.328 e. The van der Waals surface area contributed by atoms with Gasteiger partial charge in [-0.05, 0) is 52.6 Å². The molecule has 0 spiro atoms. The molecular formula is C15H20ClIN2. The lowest BCUT2D eigenvalue weighted by Gasteiger charge is -2.19. The van der Waals surface area contributed by atoms with Crippen LogP contribution in [0.3, 0.4) is 0 Å². The lowest BCUT2D eigenvalue weighted by molar-refractivity contribution is 0.350. The van der Waals surface area contributed by atoms with E-state index in [4.69, 9.17) is 16.6 Å². The number of aryl methyl sites for hydroxylation is 2. The van der Waals surface area contributed by atoms with Crippen LogP contribution < -0.4 is 0 Å². The van der Waals surface area contributed by atoms with Gasteiger partial charge in [-0.25, -0.2) is 4.98 Å². The van der Waals surface area contributed by atoms with Gasteiger partial charge in [0.05, 0.1) is 11.0 Å². The van der Waals surface area contributed by atoms with Crippen LogP contribution in [0, 0.1) is 8.99 Å². The highest BCUT2D eigenvalue weighted by atomic mass is 127. The summed E-state index contributed by atoms with van der Waals surface area (Å²) in [5.74, 6) is 1.73. The highest BCUT2D eigenvalue weighted by Gasteiger charge is 2.15. The Hall–Kier alpha value is -0.290. The van der Waals surface area contributed by atoms with Crippen molar-refractivity contribution in [3.63, 3.8) is 0 Å². The second kappa shape index (κ2) is 6.00. The van der Waals surface area contributed by atoms with Gasteiger partial charge in [0.25, 0.3) is 0 Å². The van der Waals surface area contributed by atoms with Gasteiger partial charge < -0.3 is 4.57 Å². The van der Waals surface area contributed by atoms with Crippen molar-refractivity contribution in [2.45, 2.75) is 40.2 Å². The topological polar surface area (TPSA) is 17.8 Å². The summed E-state index contributed by atoms with van der Waals surface area (Å²) in [4.78, 5) is 4.74. The Morgan fingerprint density at radius 3 is 2.68 bits per heavy atom. The van der Waals surface area contributed by atoms with Gasteiger partial charge in [-0.2, -0.15) is 0 Å². The zero-order valence-electron chi connectivity index (χ0n) is 11.7. The molecule has 1 aromatic heterocycles. The molecule has 0 amide bonds. The normalized spacial score (nSPS) is 12.3. The van der Waals surface area contributed by atoms with Crippen molar-refractivity contribution in [2.24, 2.45) is 5.41 Å². The van der Waals surface area contributed by atoms with Crippen LogP contribution in [0.4, 0.5) is 0 Å². The Balaban J connectivity index is 2.40. The molecule has 0 aliphatic heterocycles. The molecule has 0 radical (unpaired) electrons. The third kappa shape index (κ3) is 3.85. The van der Waals surface area contributed by atoms with Crippen LogP contribution in [0.25, 0.3) is 11.0 Å². The molecule has 104 valence electrons. The van der Waals surface area contributed by atoms with E-state index in [0.717, 1.165) is 30.7 Å². The summed E-state index contributed by atoms with van der Waals surface area (Å²) >= 11 is 8.23. The van der Waals surface area contributed by atoms with Crippen LogP contribution in [0.15, 0.2) is 18.2 Å². The predicted octanol–water partition coefficient (Wildman–Crippen LogP) is 4.86. The zero-order valence-corrected chi connectivity index (χ0v) is 14.6. The van der Waals surface area contributed by atoms with Crippen LogP contribution in [0.5, 0.6) is 0 Å². The van der Waals surface area contributed by atoms with Crippen molar-refractivity contribution in [1.29, 1.82) is 0 Å². The second-order valence-corrected chi connectivity index (χ2v) is 7.69. The van der Waals surface area contributed by atoms with E-state index in [0.29, 0.717) is 11.3 Å². The first-order chi connectivity index (χ1) is 8.90. The van der Waals surface area contributed by atoms with Crippen LogP contribution in [-0.2, 0) is 13.0 Å². The smallest absolute Gasteiger partial charge is 0.111 e. The zero-order chi connectivity index (χ0) is 14.0. The number of alkyl halides is 1. The van der Waals surface area contributed by atoms with Gasteiger partial charge in [-0.1, -0.05) is 20.8 Å². The van der Waals surface area contributed by atoms with Gasteiger partial charge in [0.2, 0.25) is 0 Å². The number of hydrogen-bond donors (Lipinski definition) is 0. The Kier molecular flexibility index (Phi) is 4.77. The standard InChI is InChI=1S/C15H20ClIN2/c1-15(2,3)7-9-19-13-5-4-11(17)10-12(13)18-14(19)6-8-16/h4-5,10H,6-9H2,1-3H3. The quantitative estimate of drug-likeness (QED) is 0.538. The lowest BCUT2D eigenvalue weighted by Crippen LogP contribution is -2.12. The maximum absolute atomic E-state index is 5.90. The first-order valence-electron chi connectivity index (χ1n) is 6.61. The van der Waals surface area contributed by atoms with E-state index in [1.54, 1.807) is 0 Å². The fourth-order valence-electron chi connectivity index (χ4n) is 2.12. The SMILES string of the molecule is CC(C)(C)CCn1c(CCCl)nc2cc(I)ccc21. The van der Waals surface area contributed by atoms with Crippen LogP contribution in [-0.4, -0.2) is 15.4 Å². The van der Waals surface area contributed by atoms with Crippen molar-refractivity contribution < 1.29 is 0 Å². The average Bonchev–Trinajstić information content (AvgIpc) is 2.62. The molecule has 0 aliphatic carbocycles. The number of aromatic nitrogens is 2. The van der Waals surface area contributed by atoms with Crippen LogP contribution in [0.2, 0.25) is 0 Å². The maximum Gasteiger partial charge on any atom is 0.111 e. The monoisotopic (exact) mass is 390 g/mol. The van der Waals surface area contributed by atoms with Gasteiger partial charge in [0.1, 0.15) is 5.82 Å². The fraction of sp³-hybridized carbons (Fsp3) is 0.533. The summed E-state index contributed by atoms with van der Waals surface area (Å²) < 4.78 is 3.56. The molecule has 1 aromatic carbocycles. The first-order valence-corrected chi connectivity index (χ1v) is 8.23. The summed E-state index contributed by atoms with van der Waals surface area (Å²) in [5, 5.41) is 0. The molecule has 0 bridgehead atoms. The molecule has 19 heavy (non-hydrogen) atoms. The molecule has 0 unspecified atom stereocenters. The highest BCUT2D eigenvalue weighted by Crippen LogP contribution is 2.24. The highest BCUT2D eigenvalue weighted by molar-refractivity contribution is 14.1. The Morgan fingerprint density at radius 1 is 1.32 bits per heavy atom. The number of nitrogens with zero attached hydrogens (tertiary/aromatic N) is 2. The second-order valence-electron chi connectivity index (χ2n) is 6.06. The third-order valence-electron chi connectivity index (χ3n) is 3.19. The fourth-order valence-corrected chi connectivity index (χ4v) is 2.77. The molecule has 2 nitrogen and oxygen atoms in total. The molecule has 0 atom stereocenters. The van der Waals surface area contributed by atoms with E-state index in [1.807, 2.05) is 0 Å². The molecule has 0 N–H and O–H groups in total. The van der Waals surface area contributed by atoms with E-state index in [9.17, 15) is 0 Å². The van der Waals surface area contributed by atoms with Gasteiger partial charge in [0.15, 0.2) is 0 Å². The molecule has 2 rings (SSSR count). The van der Waals surface area contributed by atoms with E-state index in [1.165, 1.54) is 9.09 Å². The van der Waals surface area contributed by atoms with E-state index in [2.05, 4.69) is 66.1 Å². The van der Waals surface area contributed by atoms with Crippen molar-refractivity contribution in [1.82, 2.24) is 9.55 Å². The van der Waals surface area contributed by atoms with Gasteiger partial charge in [-0.15, -0.1) is 11.6 Å². The van der Waals surface area contributed by atoms with Crippen molar-refractivity contribution >= 4 is 45.2 Å². The van der Waals surface area contributed by atoms with E-state index < -0.39 is 0 Å². The minimum atomic E-state index is 0.331. The van der Waals surface area contributed by atoms with Gasteiger partial charge in [-0.3, -0.25) is 0 Å². The van der Waals surface area contributed by atoms with Gasteiger partial charge in [0, 0.05) is 22.4 Å². The summed E-state index contributed by atoms with van der Waals surface area (Å²) in [6, 6.07) is 6.45. The van der Waals surface area contributed by atoms with Crippen molar-refractivity contribution in [3.05, 3.63) is 27.6 Å². The minimum Gasteiger partial charge on any atom is -0.328 e. The van der Waals surface area contributed by atoms with Crippen molar-refractivity contribution in [3.8, 4) is 0 Å². The lowest BCUT2D eigenvalue weighted by atomic mass is 9.92. The Bertz CT molecular complexity index is 569. The molecule has 0 saturated heterocycles. The molecule has 2 aromatic rings. The van der Waals surface area contributed by atoms with Crippen LogP contribution >= 0.6 is 34.2 Å². The molecule has 0 aliphatic rings. The summed E-state index contributed by atoms with van der Waals surface area (Å²) in [6.45, 7) is 7.83. The number of fused-ring (bicyclic) bond motifs is 1. The number of benzene rings is 1. The first kappa shape index (κ1) is 15.1. The van der Waals surface area contributed by atoms with Crippen LogP contribution in [0.1, 0.15) is 33.0 Å². The average molecular weight is 391 g/mol. The van der Waals surface area contributed by atoms with Gasteiger partial charge >= 0.3 is 0 Å². The summed E-state index contributed by atoms with van der Waals surface area (Å²) in [7, 11) is 0. The molecule has 1 heterocycles. The molecular weight excluding hydrogens is 371 g/mol. The third-order valence-corrected chi connectivity index (χ3v) is 4.05. The number of imidazole rings is 1. The number of halogens is 2. The van der Waals surface area contributed by atoms with E-state index >= 15 is 0 Å². The number of hydrogen-bond acceptors (Lipinski definition) is 1. The number of rotatable bonds is 4. The Morgan fingerprint density at radius 2 is 2.05 bits per heavy atom. The minimum absolute atomic E-state index is 0.331. The molecule has 0 saturated carbocycles. The maximum atomic E-state index is 5.90. The summed E-state index contributed by atoms with van der Waals surface area (Å²) in [6.07, 6.45) is 1.97. The Labute approximate surface area is 133 Å². The molecule has 4 heteroatoms. The molecule has 0 fully saturated rings. The van der Waals surface area contributed by atoms with Crippen molar-refractivity contribution in [2.75, 3.05) is 5.88 Å². The summed E-state index contributed by atoms with van der Waals surface area (Å²) in [5.41, 5.74) is 2.64. The van der Waals surface area contributed by atoms with E-state index in [-0.39, 0.29) is 0 Å². The predicted molar refractivity (Wildman–Crippen MR) is 90.9 cm³/mol.